The highest BCUT2D eigenvalue weighted by atomic mass is 32.1. The van der Waals surface area contributed by atoms with E-state index in [0.717, 1.165) is 24.4 Å². The monoisotopic (exact) mass is 515 g/mol. The van der Waals surface area contributed by atoms with Crippen molar-refractivity contribution >= 4 is 52.0 Å². The Morgan fingerprint density at radius 3 is 2.77 bits per heavy atom. The Bertz CT molecular complexity index is 1210. The van der Waals surface area contributed by atoms with E-state index in [4.69, 9.17) is 20.9 Å². The molecule has 0 radical (unpaired) electrons. The molecule has 0 saturated carbocycles. The third-order valence-electron chi connectivity index (χ3n) is 5.55. The molecule has 1 saturated heterocycles. The van der Waals surface area contributed by atoms with Crippen molar-refractivity contribution in [2.45, 2.75) is 25.0 Å². The zero-order valence-corrected chi connectivity index (χ0v) is 20.6. The number of hydrogen-bond donors (Lipinski definition) is 3. The summed E-state index contributed by atoms with van der Waals surface area (Å²) in [6, 6.07) is 9.37. The van der Waals surface area contributed by atoms with E-state index >= 15 is 0 Å². The molecule has 1 fully saturated rings. The molecule has 2 aromatic heterocycles. The fourth-order valence-electron chi connectivity index (χ4n) is 3.82. The van der Waals surface area contributed by atoms with E-state index in [1.165, 1.54) is 23.3 Å². The molecule has 1 aliphatic rings. The van der Waals surface area contributed by atoms with E-state index in [2.05, 4.69) is 9.69 Å². The molecule has 0 unspecified atom stereocenters. The summed E-state index contributed by atoms with van der Waals surface area (Å²) in [5.41, 5.74) is 11.5. The number of benzene rings is 1. The fraction of sp³-hybridized carbons (Fsp3) is 0.304. The molecule has 35 heavy (non-hydrogen) atoms. The molecular formula is C23H25N5O5S2. The topological polar surface area (TPSA) is 150 Å². The van der Waals surface area contributed by atoms with Crippen LogP contribution in [0, 0.1) is 0 Å². The molecule has 4 rings (SSSR count). The Labute approximate surface area is 210 Å². The van der Waals surface area contributed by atoms with Crippen LogP contribution in [-0.4, -0.2) is 48.5 Å². The molecule has 12 heteroatoms. The molecular weight excluding hydrogens is 490 g/mol. The van der Waals surface area contributed by atoms with Crippen LogP contribution in [0.5, 0.6) is 5.75 Å². The molecule has 3 aromatic rings. The SMILES string of the molecule is COc1cccc(N(C(=O)c2snc(C(N)=O)c2N)[C@@H](C(=O)NC[C@@H]2CCCO2)c2cccs2)c1. The van der Waals surface area contributed by atoms with Crippen molar-refractivity contribution in [1.29, 1.82) is 0 Å². The lowest BCUT2D eigenvalue weighted by atomic mass is 10.1. The summed E-state index contributed by atoms with van der Waals surface area (Å²) in [7, 11) is 1.51. The van der Waals surface area contributed by atoms with E-state index in [1.54, 1.807) is 36.4 Å². The Balaban J connectivity index is 1.78. The maximum Gasteiger partial charge on any atom is 0.273 e. The fourth-order valence-corrected chi connectivity index (χ4v) is 5.37. The first-order chi connectivity index (χ1) is 16.9. The van der Waals surface area contributed by atoms with Crippen molar-refractivity contribution in [3.05, 3.63) is 57.2 Å². The van der Waals surface area contributed by atoms with Crippen molar-refractivity contribution in [2.24, 2.45) is 5.73 Å². The number of nitrogens with two attached hydrogens (primary N) is 2. The first-order valence-electron chi connectivity index (χ1n) is 10.9. The molecule has 0 aliphatic carbocycles. The Morgan fingerprint density at radius 2 is 2.14 bits per heavy atom. The van der Waals surface area contributed by atoms with Crippen LogP contribution in [0.4, 0.5) is 11.4 Å². The second-order valence-electron chi connectivity index (χ2n) is 7.81. The molecule has 0 spiro atoms. The van der Waals surface area contributed by atoms with E-state index in [1.807, 2.05) is 5.38 Å². The molecule has 3 amide bonds. The predicted octanol–water partition coefficient (Wildman–Crippen LogP) is 2.58. The number of hydrogen-bond acceptors (Lipinski definition) is 9. The lowest BCUT2D eigenvalue weighted by Crippen LogP contribution is -2.45. The zero-order valence-electron chi connectivity index (χ0n) is 18.9. The molecule has 10 nitrogen and oxygen atoms in total. The van der Waals surface area contributed by atoms with Crippen LogP contribution in [0.2, 0.25) is 0 Å². The number of amides is 3. The normalized spacial score (nSPS) is 16.0. The number of nitrogens with one attached hydrogen (secondary N) is 1. The molecule has 184 valence electrons. The quantitative estimate of drug-likeness (QED) is 0.396. The van der Waals surface area contributed by atoms with Crippen molar-refractivity contribution in [1.82, 2.24) is 9.69 Å². The number of primary amides is 1. The summed E-state index contributed by atoms with van der Waals surface area (Å²) >= 11 is 2.10. The van der Waals surface area contributed by atoms with Crippen LogP contribution >= 0.6 is 22.9 Å². The predicted molar refractivity (Wildman–Crippen MR) is 134 cm³/mol. The van der Waals surface area contributed by atoms with Gasteiger partial charge in [-0.05, 0) is 48.0 Å². The van der Waals surface area contributed by atoms with Gasteiger partial charge in [-0.15, -0.1) is 11.3 Å². The smallest absolute Gasteiger partial charge is 0.273 e. The average molecular weight is 516 g/mol. The van der Waals surface area contributed by atoms with E-state index < -0.39 is 17.9 Å². The second-order valence-corrected chi connectivity index (χ2v) is 9.57. The van der Waals surface area contributed by atoms with E-state index in [-0.39, 0.29) is 28.3 Å². The molecule has 2 atom stereocenters. The van der Waals surface area contributed by atoms with Crippen LogP contribution in [0.1, 0.15) is 43.9 Å². The van der Waals surface area contributed by atoms with Crippen LogP contribution in [0.3, 0.4) is 0 Å². The van der Waals surface area contributed by atoms with Gasteiger partial charge in [-0.2, -0.15) is 4.37 Å². The van der Waals surface area contributed by atoms with Crippen LogP contribution in [-0.2, 0) is 9.53 Å². The highest BCUT2D eigenvalue weighted by Gasteiger charge is 2.37. The molecule has 1 aromatic carbocycles. The lowest BCUT2D eigenvalue weighted by Gasteiger charge is -2.30. The lowest BCUT2D eigenvalue weighted by molar-refractivity contribution is -0.122. The largest absolute Gasteiger partial charge is 0.497 e. The summed E-state index contributed by atoms with van der Waals surface area (Å²) < 4.78 is 14.9. The number of nitrogen functional groups attached to an aromatic ring is 1. The molecule has 5 N–H and O–H groups in total. The number of nitrogens with zero attached hydrogens (tertiary/aromatic N) is 2. The van der Waals surface area contributed by atoms with Gasteiger partial charge in [0, 0.05) is 29.8 Å². The number of ether oxygens (including phenoxy) is 2. The van der Waals surface area contributed by atoms with Gasteiger partial charge in [0.25, 0.3) is 11.8 Å². The van der Waals surface area contributed by atoms with Gasteiger partial charge < -0.3 is 26.3 Å². The number of carbonyl (C=O) groups excluding carboxylic acids is 3. The third-order valence-corrected chi connectivity index (χ3v) is 7.33. The number of aromatic nitrogens is 1. The van der Waals surface area contributed by atoms with Gasteiger partial charge in [0.15, 0.2) is 11.7 Å². The second kappa shape index (κ2) is 10.8. The number of anilines is 2. The van der Waals surface area contributed by atoms with Crippen LogP contribution in [0.25, 0.3) is 0 Å². The highest BCUT2D eigenvalue weighted by molar-refractivity contribution is 7.10. The van der Waals surface area contributed by atoms with Crippen molar-refractivity contribution in [3.63, 3.8) is 0 Å². The first kappa shape index (κ1) is 24.6. The summed E-state index contributed by atoms with van der Waals surface area (Å²) in [5.74, 6) is -1.31. The van der Waals surface area contributed by atoms with Gasteiger partial charge in [0.1, 0.15) is 10.6 Å². The van der Waals surface area contributed by atoms with Crippen molar-refractivity contribution < 1.29 is 23.9 Å². The summed E-state index contributed by atoms with van der Waals surface area (Å²) in [6.07, 6.45) is 1.73. The molecule has 0 bridgehead atoms. The van der Waals surface area contributed by atoms with Crippen molar-refractivity contribution in [3.8, 4) is 5.75 Å². The van der Waals surface area contributed by atoms with Gasteiger partial charge >= 0.3 is 0 Å². The maximum atomic E-state index is 13.9. The number of thiophene rings is 1. The standard InChI is InChI=1S/C23H25N5O5S2/c1-32-14-6-2-5-13(11-14)28(23(31)20-17(24)18(21(25)29)27-35-20)19(16-8-4-10-34-16)22(30)26-12-15-7-3-9-33-15/h2,4-6,8,10-11,15,19H,3,7,9,12,24H2,1H3,(H2,25,29)(H,26,30)/t15-,19+/m0/s1. The maximum absolute atomic E-state index is 13.9. The minimum Gasteiger partial charge on any atom is -0.497 e. The Hall–Kier alpha value is -3.48. The summed E-state index contributed by atoms with van der Waals surface area (Å²) in [6.45, 7) is 0.992. The number of methoxy groups -OCH3 is 1. The highest BCUT2D eigenvalue weighted by Crippen LogP contribution is 2.36. The van der Waals surface area contributed by atoms with Gasteiger partial charge in [-0.1, -0.05) is 12.1 Å². The van der Waals surface area contributed by atoms with E-state index in [9.17, 15) is 14.4 Å². The molecule has 3 heterocycles. The average Bonchev–Trinajstić information content (AvgIpc) is 3.63. The minimum absolute atomic E-state index is 0.00935. The third kappa shape index (κ3) is 5.29. The van der Waals surface area contributed by atoms with Crippen LogP contribution < -0.4 is 26.4 Å². The Morgan fingerprint density at radius 1 is 1.31 bits per heavy atom. The van der Waals surface area contributed by atoms with Gasteiger partial charge in [0.2, 0.25) is 5.91 Å². The zero-order chi connectivity index (χ0) is 24.9. The molecule has 1 aliphatic heterocycles. The van der Waals surface area contributed by atoms with Gasteiger partial charge in [0.05, 0.1) is 18.9 Å². The Kier molecular flexibility index (Phi) is 7.63. The summed E-state index contributed by atoms with van der Waals surface area (Å²) in [5, 5.41) is 4.77. The van der Waals surface area contributed by atoms with Crippen LogP contribution in [0.15, 0.2) is 41.8 Å². The number of rotatable bonds is 9. The van der Waals surface area contributed by atoms with Gasteiger partial charge in [-0.25, -0.2) is 0 Å². The number of carbonyl (C=O) groups is 3. The van der Waals surface area contributed by atoms with E-state index in [0.29, 0.717) is 29.5 Å². The van der Waals surface area contributed by atoms with Gasteiger partial charge in [-0.3, -0.25) is 19.3 Å². The minimum atomic E-state index is -1.02. The first-order valence-corrected chi connectivity index (χ1v) is 12.5. The summed E-state index contributed by atoms with van der Waals surface area (Å²) in [4.78, 5) is 41.2. The van der Waals surface area contributed by atoms with Crippen molar-refractivity contribution in [2.75, 3.05) is 30.9 Å².